The molecule has 0 spiro atoms. The van der Waals surface area contributed by atoms with Crippen molar-refractivity contribution in [1.29, 1.82) is 0 Å². The standard InChI is InChI=1S/C11H15F2N3S/c1-15-6-8-9(7-15)17-10(14-8)16-4-2-11(12,13)3-5-16/h2-7H2,1H3. The van der Waals surface area contributed by atoms with Crippen LogP contribution >= 0.6 is 11.3 Å². The zero-order valence-electron chi connectivity index (χ0n) is 9.75. The Hall–Kier alpha value is -0.750. The van der Waals surface area contributed by atoms with E-state index in [1.807, 2.05) is 4.90 Å². The predicted molar refractivity (Wildman–Crippen MR) is 63.7 cm³/mol. The SMILES string of the molecule is CN1Cc2nc(N3CCC(F)(F)CC3)sc2C1. The van der Waals surface area contributed by atoms with Crippen LogP contribution in [0.5, 0.6) is 0 Å². The molecule has 0 bridgehead atoms. The summed E-state index contributed by atoms with van der Waals surface area (Å²) >= 11 is 1.66. The molecule has 1 aromatic rings. The number of hydrogen-bond acceptors (Lipinski definition) is 4. The number of nitrogens with zero attached hydrogens (tertiary/aromatic N) is 3. The van der Waals surface area contributed by atoms with Gasteiger partial charge in [-0.3, -0.25) is 4.90 Å². The highest BCUT2D eigenvalue weighted by atomic mass is 32.1. The van der Waals surface area contributed by atoms with E-state index in [1.165, 1.54) is 4.88 Å². The van der Waals surface area contributed by atoms with Crippen molar-refractivity contribution in [2.24, 2.45) is 0 Å². The summed E-state index contributed by atoms with van der Waals surface area (Å²) in [5, 5.41) is 0.929. The smallest absolute Gasteiger partial charge is 0.251 e. The minimum absolute atomic E-state index is 0.0445. The molecule has 3 nitrogen and oxygen atoms in total. The lowest BCUT2D eigenvalue weighted by Crippen LogP contribution is -2.39. The molecule has 2 aliphatic rings. The van der Waals surface area contributed by atoms with Gasteiger partial charge in [0.2, 0.25) is 0 Å². The average Bonchev–Trinajstić information content (AvgIpc) is 2.74. The number of aromatic nitrogens is 1. The van der Waals surface area contributed by atoms with Gasteiger partial charge in [-0.2, -0.15) is 0 Å². The van der Waals surface area contributed by atoms with E-state index in [-0.39, 0.29) is 12.8 Å². The van der Waals surface area contributed by atoms with Gasteiger partial charge in [-0.05, 0) is 7.05 Å². The van der Waals surface area contributed by atoms with Crippen molar-refractivity contribution in [3.63, 3.8) is 0 Å². The van der Waals surface area contributed by atoms with E-state index >= 15 is 0 Å². The zero-order chi connectivity index (χ0) is 12.0. The van der Waals surface area contributed by atoms with E-state index in [4.69, 9.17) is 0 Å². The highest BCUT2D eigenvalue weighted by Gasteiger charge is 2.35. The Balaban J connectivity index is 1.72. The minimum Gasteiger partial charge on any atom is -0.348 e. The molecule has 1 saturated heterocycles. The first kappa shape index (κ1) is 11.3. The summed E-state index contributed by atoms with van der Waals surface area (Å²) in [5.74, 6) is -2.48. The van der Waals surface area contributed by atoms with Gasteiger partial charge in [0.15, 0.2) is 5.13 Å². The van der Waals surface area contributed by atoms with Gasteiger partial charge in [-0.25, -0.2) is 13.8 Å². The second-order valence-electron chi connectivity index (χ2n) is 4.88. The zero-order valence-corrected chi connectivity index (χ0v) is 10.6. The summed E-state index contributed by atoms with van der Waals surface area (Å²) in [6.07, 6.45) is -0.0890. The van der Waals surface area contributed by atoms with Gasteiger partial charge >= 0.3 is 0 Å². The van der Waals surface area contributed by atoms with Crippen LogP contribution < -0.4 is 4.90 Å². The molecule has 6 heteroatoms. The summed E-state index contributed by atoms with van der Waals surface area (Å²) < 4.78 is 26.1. The van der Waals surface area contributed by atoms with Crippen molar-refractivity contribution in [2.45, 2.75) is 31.9 Å². The van der Waals surface area contributed by atoms with Crippen molar-refractivity contribution in [3.8, 4) is 0 Å². The Bertz CT molecular complexity index is 399. The molecule has 17 heavy (non-hydrogen) atoms. The number of thiazole rings is 1. The lowest BCUT2D eigenvalue weighted by molar-refractivity contribution is -0.0220. The molecule has 3 rings (SSSR count). The average molecular weight is 259 g/mol. The lowest BCUT2D eigenvalue weighted by Gasteiger charge is -2.31. The summed E-state index contributed by atoms with van der Waals surface area (Å²) in [4.78, 5) is 10.1. The Morgan fingerprint density at radius 2 is 1.94 bits per heavy atom. The number of anilines is 1. The van der Waals surface area contributed by atoms with Crippen LogP contribution in [0.1, 0.15) is 23.4 Å². The van der Waals surface area contributed by atoms with Crippen molar-refractivity contribution in [2.75, 3.05) is 25.0 Å². The van der Waals surface area contributed by atoms with Gasteiger partial charge in [0.25, 0.3) is 5.92 Å². The Morgan fingerprint density at radius 1 is 1.24 bits per heavy atom. The van der Waals surface area contributed by atoms with Crippen molar-refractivity contribution in [3.05, 3.63) is 10.6 Å². The molecule has 0 atom stereocenters. The van der Waals surface area contributed by atoms with Crippen LogP contribution in [0.25, 0.3) is 0 Å². The van der Waals surface area contributed by atoms with Crippen molar-refractivity contribution < 1.29 is 8.78 Å². The fraction of sp³-hybridized carbons (Fsp3) is 0.727. The first-order valence-electron chi connectivity index (χ1n) is 5.83. The molecule has 0 aliphatic carbocycles. The van der Waals surface area contributed by atoms with E-state index in [9.17, 15) is 8.78 Å². The van der Waals surface area contributed by atoms with Crippen LogP contribution in [-0.4, -0.2) is 35.9 Å². The summed E-state index contributed by atoms with van der Waals surface area (Å²) in [6, 6.07) is 0. The van der Waals surface area contributed by atoms with E-state index in [1.54, 1.807) is 11.3 Å². The molecule has 0 amide bonds. The first-order chi connectivity index (χ1) is 8.03. The van der Waals surface area contributed by atoms with Gasteiger partial charge < -0.3 is 4.90 Å². The molecule has 0 aromatic carbocycles. The van der Waals surface area contributed by atoms with Crippen LogP contribution in [0.4, 0.5) is 13.9 Å². The summed E-state index contributed by atoms with van der Waals surface area (Å²) in [5.41, 5.74) is 1.13. The molecule has 0 N–H and O–H groups in total. The maximum atomic E-state index is 13.1. The van der Waals surface area contributed by atoms with Gasteiger partial charge in [-0.1, -0.05) is 0 Å². The molecule has 2 aliphatic heterocycles. The molecular formula is C11H15F2N3S. The normalized spacial score (nSPS) is 24.1. The monoisotopic (exact) mass is 259 g/mol. The molecule has 0 unspecified atom stereocenters. The second-order valence-corrected chi connectivity index (χ2v) is 5.94. The summed E-state index contributed by atoms with van der Waals surface area (Å²) in [7, 11) is 2.07. The Morgan fingerprint density at radius 3 is 2.59 bits per heavy atom. The highest BCUT2D eigenvalue weighted by Crippen LogP contribution is 2.35. The number of fused-ring (bicyclic) bond motifs is 1. The maximum Gasteiger partial charge on any atom is 0.251 e. The van der Waals surface area contributed by atoms with Crippen LogP contribution in [0.3, 0.4) is 0 Å². The van der Waals surface area contributed by atoms with Gasteiger partial charge in [0.1, 0.15) is 0 Å². The topological polar surface area (TPSA) is 19.4 Å². The number of hydrogen-bond donors (Lipinski definition) is 0. The quantitative estimate of drug-likeness (QED) is 0.771. The molecule has 1 aromatic heterocycles. The van der Waals surface area contributed by atoms with Crippen molar-refractivity contribution in [1.82, 2.24) is 9.88 Å². The number of rotatable bonds is 1. The van der Waals surface area contributed by atoms with Gasteiger partial charge in [-0.15, -0.1) is 11.3 Å². The fourth-order valence-electron chi connectivity index (χ4n) is 2.33. The lowest BCUT2D eigenvalue weighted by atomic mass is 10.1. The maximum absolute atomic E-state index is 13.1. The number of alkyl halides is 2. The second kappa shape index (κ2) is 3.88. The molecule has 1 fully saturated rings. The third-order valence-corrected chi connectivity index (χ3v) is 4.51. The van der Waals surface area contributed by atoms with Crippen LogP contribution in [0.2, 0.25) is 0 Å². The predicted octanol–water partition coefficient (Wildman–Crippen LogP) is 2.32. The fourth-order valence-corrected chi connectivity index (χ4v) is 3.53. The van der Waals surface area contributed by atoms with Gasteiger partial charge in [0.05, 0.1) is 5.69 Å². The van der Waals surface area contributed by atoms with Crippen LogP contribution in [-0.2, 0) is 13.1 Å². The third kappa shape index (κ3) is 2.15. The van der Waals surface area contributed by atoms with Crippen LogP contribution in [0, 0.1) is 0 Å². The highest BCUT2D eigenvalue weighted by molar-refractivity contribution is 7.15. The Labute approximate surface area is 103 Å². The van der Waals surface area contributed by atoms with E-state index in [2.05, 4.69) is 16.9 Å². The number of piperidine rings is 1. The first-order valence-corrected chi connectivity index (χ1v) is 6.65. The van der Waals surface area contributed by atoms with E-state index in [0.717, 1.165) is 23.9 Å². The summed E-state index contributed by atoms with van der Waals surface area (Å²) in [6.45, 7) is 2.68. The molecule has 94 valence electrons. The molecule has 0 saturated carbocycles. The third-order valence-electron chi connectivity index (χ3n) is 3.37. The largest absolute Gasteiger partial charge is 0.348 e. The molecule has 3 heterocycles. The Kier molecular flexibility index (Phi) is 2.59. The van der Waals surface area contributed by atoms with E-state index in [0.29, 0.717) is 13.1 Å². The molecular weight excluding hydrogens is 244 g/mol. The minimum atomic E-state index is -2.48. The van der Waals surface area contributed by atoms with Crippen LogP contribution in [0.15, 0.2) is 0 Å². The van der Waals surface area contributed by atoms with Crippen molar-refractivity contribution >= 4 is 16.5 Å². The van der Waals surface area contributed by atoms with E-state index < -0.39 is 5.92 Å². The number of halogens is 2. The van der Waals surface area contributed by atoms with Gasteiger partial charge in [0, 0.05) is 43.9 Å². The molecule has 0 radical (unpaired) electrons.